The number of carbonyl (C=O) groups is 1. The lowest BCUT2D eigenvalue weighted by atomic mass is 9.99. The number of amides is 1. The van der Waals surface area contributed by atoms with Gasteiger partial charge in [0.1, 0.15) is 4.88 Å². The molecule has 1 saturated heterocycles. The fourth-order valence-corrected chi connectivity index (χ4v) is 3.35. The molecule has 3 rings (SSSR count). The van der Waals surface area contributed by atoms with Gasteiger partial charge in [0.05, 0.1) is 22.9 Å². The molecule has 2 aromatic rings. The first-order valence-corrected chi connectivity index (χ1v) is 7.35. The second kappa shape index (κ2) is 5.13. The lowest BCUT2D eigenvalue weighted by Crippen LogP contribution is -2.38. The zero-order valence-electron chi connectivity index (χ0n) is 10.8. The van der Waals surface area contributed by atoms with Crippen LogP contribution < -0.4 is 0 Å². The maximum absolute atomic E-state index is 12.6. The minimum Gasteiger partial charge on any atom is -0.329 e. The van der Waals surface area contributed by atoms with Gasteiger partial charge in [0.25, 0.3) is 5.91 Å². The third kappa shape index (κ3) is 2.28. The zero-order valence-corrected chi connectivity index (χ0v) is 11.6. The Morgan fingerprint density at radius 3 is 3.11 bits per heavy atom. The Bertz CT molecular complexity index is 563. The Morgan fingerprint density at radius 1 is 1.53 bits per heavy atom. The van der Waals surface area contributed by atoms with E-state index >= 15 is 0 Å². The first-order chi connectivity index (χ1) is 9.27. The summed E-state index contributed by atoms with van der Waals surface area (Å²) in [5.74, 6) is 0.0966. The van der Waals surface area contributed by atoms with Crippen LogP contribution in [0.1, 0.15) is 46.4 Å². The summed E-state index contributed by atoms with van der Waals surface area (Å²) >= 11 is 1.42. The highest BCUT2D eigenvalue weighted by Crippen LogP contribution is 2.31. The van der Waals surface area contributed by atoms with Gasteiger partial charge < -0.3 is 4.90 Å². The van der Waals surface area contributed by atoms with Gasteiger partial charge in [-0.3, -0.25) is 9.89 Å². The summed E-state index contributed by atoms with van der Waals surface area (Å²) < 4.78 is 0. The summed E-state index contributed by atoms with van der Waals surface area (Å²) in [6.07, 6.45) is 4.94. The van der Waals surface area contributed by atoms with Crippen LogP contribution in [0.25, 0.3) is 0 Å². The fraction of sp³-hybridized carbons (Fsp3) is 0.462. The van der Waals surface area contributed by atoms with Gasteiger partial charge in [-0.1, -0.05) is 0 Å². The molecule has 3 heterocycles. The monoisotopic (exact) mass is 276 g/mol. The van der Waals surface area contributed by atoms with E-state index in [1.54, 1.807) is 11.7 Å². The molecule has 0 aliphatic carbocycles. The van der Waals surface area contributed by atoms with Gasteiger partial charge in [-0.05, 0) is 32.3 Å². The molecule has 1 aliphatic heterocycles. The summed E-state index contributed by atoms with van der Waals surface area (Å²) in [6, 6.07) is 2.07. The molecule has 100 valence electrons. The number of thiazole rings is 1. The van der Waals surface area contributed by atoms with Crippen LogP contribution in [-0.2, 0) is 0 Å². The van der Waals surface area contributed by atoms with Crippen LogP contribution in [0.15, 0.2) is 17.8 Å². The van der Waals surface area contributed by atoms with Gasteiger partial charge in [0.2, 0.25) is 0 Å². The summed E-state index contributed by atoms with van der Waals surface area (Å²) in [4.78, 5) is 19.5. The third-order valence-corrected chi connectivity index (χ3v) is 4.50. The molecule has 0 aromatic carbocycles. The maximum atomic E-state index is 12.6. The average molecular weight is 276 g/mol. The Morgan fingerprint density at radius 2 is 2.42 bits per heavy atom. The largest absolute Gasteiger partial charge is 0.329 e. The Kier molecular flexibility index (Phi) is 3.33. The summed E-state index contributed by atoms with van der Waals surface area (Å²) in [5, 5.41) is 6.99. The van der Waals surface area contributed by atoms with Crippen molar-refractivity contribution in [2.75, 3.05) is 6.54 Å². The van der Waals surface area contributed by atoms with Crippen molar-refractivity contribution in [3.63, 3.8) is 0 Å². The van der Waals surface area contributed by atoms with Crippen LogP contribution >= 0.6 is 11.3 Å². The van der Waals surface area contributed by atoms with Crippen LogP contribution in [0.4, 0.5) is 0 Å². The molecular formula is C13H16N4OS. The molecule has 1 atom stereocenters. The fourth-order valence-electron chi connectivity index (χ4n) is 2.59. The van der Waals surface area contributed by atoms with E-state index in [2.05, 4.69) is 15.2 Å². The maximum Gasteiger partial charge on any atom is 0.266 e. The van der Waals surface area contributed by atoms with Crippen molar-refractivity contribution in [3.05, 3.63) is 34.0 Å². The minimum absolute atomic E-state index is 0.0966. The molecule has 1 aliphatic rings. The van der Waals surface area contributed by atoms with Gasteiger partial charge in [-0.15, -0.1) is 11.3 Å². The number of nitrogens with zero attached hydrogens (tertiary/aromatic N) is 3. The van der Waals surface area contributed by atoms with Gasteiger partial charge >= 0.3 is 0 Å². The number of aryl methyl sites for hydroxylation is 1. The van der Waals surface area contributed by atoms with Crippen LogP contribution in [0.5, 0.6) is 0 Å². The molecule has 1 unspecified atom stereocenters. The van der Waals surface area contributed by atoms with Gasteiger partial charge in [-0.2, -0.15) is 5.10 Å². The molecule has 0 radical (unpaired) electrons. The number of H-pyrrole nitrogens is 1. The number of hydrogen-bond donors (Lipinski definition) is 1. The van der Waals surface area contributed by atoms with Crippen LogP contribution in [0.2, 0.25) is 0 Å². The number of hydrogen-bond acceptors (Lipinski definition) is 4. The van der Waals surface area contributed by atoms with Crippen molar-refractivity contribution in [3.8, 4) is 0 Å². The van der Waals surface area contributed by atoms with Gasteiger partial charge in [0.15, 0.2) is 0 Å². The predicted molar refractivity (Wildman–Crippen MR) is 73.1 cm³/mol. The number of aromatic amines is 1. The van der Waals surface area contributed by atoms with E-state index in [4.69, 9.17) is 0 Å². The van der Waals surface area contributed by atoms with Crippen LogP contribution in [0.3, 0.4) is 0 Å². The topological polar surface area (TPSA) is 61.9 Å². The summed E-state index contributed by atoms with van der Waals surface area (Å²) in [5.41, 5.74) is 3.58. The Balaban J connectivity index is 1.89. The molecule has 0 bridgehead atoms. The van der Waals surface area contributed by atoms with Gasteiger partial charge in [-0.25, -0.2) is 4.98 Å². The number of piperidine rings is 1. The number of likely N-dealkylation sites (tertiary alicyclic amines) is 1. The second-order valence-corrected chi connectivity index (χ2v) is 5.64. The van der Waals surface area contributed by atoms with E-state index in [-0.39, 0.29) is 11.9 Å². The van der Waals surface area contributed by atoms with Crippen molar-refractivity contribution in [1.29, 1.82) is 0 Å². The van der Waals surface area contributed by atoms with Crippen LogP contribution in [0, 0.1) is 6.92 Å². The van der Waals surface area contributed by atoms with Crippen molar-refractivity contribution in [2.45, 2.75) is 32.2 Å². The highest BCUT2D eigenvalue weighted by atomic mass is 32.1. The summed E-state index contributed by atoms with van der Waals surface area (Å²) in [7, 11) is 0. The lowest BCUT2D eigenvalue weighted by molar-refractivity contribution is 0.0610. The summed E-state index contributed by atoms with van der Waals surface area (Å²) in [6.45, 7) is 2.69. The molecule has 1 fully saturated rings. The predicted octanol–water partition coefficient (Wildman–Crippen LogP) is 2.54. The second-order valence-electron chi connectivity index (χ2n) is 4.79. The molecule has 1 amide bonds. The average Bonchev–Trinajstić information content (AvgIpc) is 3.09. The normalized spacial score (nSPS) is 19.6. The molecule has 6 heteroatoms. The van der Waals surface area contributed by atoms with Crippen molar-refractivity contribution in [1.82, 2.24) is 20.1 Å². The van der Waals surface area contributed by atoms with Crippen molar-refractivity contribution in [2.24, 2.45) is 0 Å². The number of carbonyl (C=O) groups excluding carboxylic acids is 1. The van der Waals surface area contributed by atoms with Crippen LogP contribution in [-0.4, -0.2) is 32.5 Å². The molecule has 0 spiro atoms. The van der Waals surface area contributed by atoms with E-state index in [1.165, 1.54) is 11.3 Å². The number of nitrogens with one attached hydrogen (secondary N) is 1. The molecule has 2 aromatic heterocycles. The minimum atomic E-state index is 0.0966. The standard InChI is InChI=1S/C13H16N4OS/c1-9-12(19-8-14-9)13(18)17-7-3-2-4-11(17)10-5-6-15-16-10/h5-6,8,11H,2-4,7H2,1H3,(H,15,16). The first-order valence-electron chi connectivity index (χ1n) is 6.47. The van der Waals surface area contributed by atoms with Crippen molar-refractivity contribution < 1.29 is 4.79 Å². The lowest BCUT2D eigenvalue weighted by Gasteiger charge is -2.34. The van der Waals surface area contributed by atoms with Crippen molar-refractivity contribution >= 4 is 17.2 Å². The van der Waals surface area contributed by atoms with E-state index in [1.807, 2.05) is 17.9 Å². The first kappa shape index (κ1) is 12.3. The zero-order chi connectivity index (χ0) is 13.2. The molecule has 1 N–H and O–H groups in total. The molecule has 19 heavy (non-hydrogen) atoms. The number of rotatable bonds is 2. The molecule has 5 nitrogen and oxygen atoms in total. The smallest absolute Gasteiger partial charge is 0.266 e. The van der Waals surface area contributed by atoms with E-state index in [9.17, 15) is 4.79 Å². The highest BCUT2D eigenvalue weighted by molar-refractivity contribution is 7.11. The third-order valence-electron chi connectivity index (χ3n) is 3.58. The van der Waals surface area contributed by atoms with E-state index in [0.29, 0.717) is 0 Å². The SMILES string of the molecule is Cc1ncsc1C(=O)N1CCCCC1c1ccn[nH]1. The van der Waals surface area contributed by atoms with E-state index < -0.39 is 0 Å². The quantitative estimate of drug-likeness (QED) is 0.917. The Labute approximate surface area is 115 Å². The molecule has 0 saturated carbocycles. The Hall–Kier alpha value is -1.69. The molecular weight excluding hydrogens is 260 g/mol. The van der Waals surface area contributed by atoms with E-state index in [0.717, 1.165) is 42.1 Å². The highest BCUT2D eigenvalue weighted by Gasteiger charge is 2.30. The van der Waals surface area contributed by atoms with Gasteiger partial charge in [0, 0.05) is 12.7 Å². The number of aromatic nitrogens is 3.